The minimum Gasteiger partial charge on any atom is -0.380 e. The van der Waals surface area contributed by atoms with Crippen molar-refractivity contribution >= 4 is 10.0 Å². The molecular formula is C10H22N2O3S. The lowest BCUT2D eigenvalue weighted by molar-refractivity contribution is 0.129. The summed E-state index contributed by atoms with van der Waals surface area (Å²) in [7, 11) is -3.12. The molecule has 1 rings (SSSR count). The van der Waals surface area contributed by atoms with Crippen molar-refractivity contribution in [1.82, 2.24) is 4.72 Å². The molecule has 0 aliphatic heterocycles. The van der Waals surface area contributed by atoms with Gasteiger partial charge in [0.2, 0.25) is 10.0 Å². The fourth-order valence-electron chi connectivity index (χ4n) is 1.31. The number of hydrogen-bond acceptors (Lipinski definition) is 4. The van der Waals surface area contributed by atoms with Crippen LogP contribution in [0, 0.1) is 5.92 Å². The summed E-state index contributed by atoms with van der Waals surface area (Å²) in [5.41, 5.74) is 5.30. The van der Waals surface area contributed by atoms with Crippen LogP contribution in [0.4, 0.5) is 0 Å². The van der Waals surface area contributed by atoms with Crippen molar-refractivity contribution in [2.45, 2.75) is 25.7 Å². The van der Waals surface area contributed by atoms with Crippen molar-refractivity contribution in [3.8, 4) is 0 Å². The molecule has 0 aromatic rings. The summed E-state index contributed by atoms with van der Waals surface area (Å²) in [4.78, 5) is 0. The largest absolute Gasteiger partial charge is 0.380 e. The van der Waals surface area contributed by atoms with Crippen LogP contribution >= 0.6 is 0 Å². The SMILES string of the molecule is NCCCCS(=O)(=O)NCCOCC1CC1. The van der Waals surface area contributed by atoms with Crippen molar-refractivity contribution in [2.75, 3.05) is 32.1 Å². The second-order valence-corrected chi connectivity index (χ2v) is 6.15. The Balaban J connectivity index is 1.96. The summed E-state index contributed by atoms with van der Waals surface area (Å²) in [5.74, 6) is 0.883. The lowest BCUT2D eigenvalue weighted by Gasteiger charge is -2.06. The second-order valence-electron chi connectivity index (χ2n) is 4.23. The first kappa shape index (κ1) is 13.9. The van der Waals surface area contributed by atoms with Gasteiger partial charge in [0.25, 0.3) is 0 Å². The fraction of sp³-hybridized carbons (Fsp3) is 1.00. The van der Waals surface area contributed by atoms with E-state index in [2.05, 4.69) is 4.72 Å². The summed E-state index contributed by atoms with van der Waals surface area (Å²) < 4.78 is 30.7. The van der Waals surface area contributed by atoms with E-state index in [-0.39, 0.29) is 5.75 Å². The Morgan fingerprint density at radius 2 is 2.06 bits per heavy atom. The maximum Gasteiger partial charge on any atom is 0.211 e. The van der Waals surface area contributed by atoms with Gasteiger partial charge in [-0.3, -0.25) is 0 Å². The summed E-state index contributed by atoms with van der Waals surface area (Å²) in [6.45, 7) is 2.15. The highest BCUT2D eigenvalue weighted by Crippen LogP contribution is 2.28. The van der Waals surface area contributed by atoms with Crippen LogP contribution in [0.15, 0.2) is 0 Å². The first-order chi connectivity index (χ1) is 7.64. The molecule has 6 heteroatoms. The van der Waals surface area contributed by atoms with E-state index in [1.807, 2.05) is 0 Å². The molecule has 5 nitrogen and oxygen atoms in total. The molecule has 0 atom stereocenters. The van der Waals surface area contributed by atoms with Gasteiger partial charge in [-0.1, -0.05) is 0 Å². The Kier molecular flexibility index (Phi) is 6.26. The van der Waals surface area contributed by atoms with Gasteiger partial charge >= 0.3 is 0 Å². The molecule has 0 bridgehead atoms. The number of unbranched alkanes of at least 4 members (excludes halogenated alkanes) is 1. The van der Waals surface area contributed by atoms with E-state index in [0.717, 1.165) is 18.9 Å². The molecule has 1 saturated carbocycles. The molecule has 0 spiro atoms. The predicted molar refractivity (Wildman–Crippen MR) is 63.6 cm³/mol. The van der Waals surface area contributed by atoms with Crippen LogP contribution in [-0.2, 0) is 14.8 Å². The minimum absolute atomic E-state index is 0.160. The maximum atomic E-state index is 11.4. The average molecular weight is 250 g/mol. The van der Waals surface area contributed by atoms with Crippen LogP contribution in [0.1, 0.15) is 25.7 Å². The van der Waals surface area contributed by atoms with Crippen LogP contribution in [0.5, 0.6) is 0 Å². The van der Waals surface area contributed by atoms with Crippen molar-refractivity contribution in [2.24, 2.45) is 11.7 Å². The summed E-state index contributed by atoms with van der Waals surface area (Å²) in [6, 6.07) is 0. The van der Waals surface area contributed by atoms with Gasteiger partial charge < -0.3 is 10.5 Å². The van der Waals surface area contributed by atoms with E-state index in [1.165, 1.54) is 12.8 Å². The van der Waals surface area contributed by atoms with Crippen molar-refractivity contribution < 1.29 is 13.2 Å². The predicted octanol–water partition coefficient (Wildman–Crippen LogP) is 0.0713. The molecule has 0 amide bonds. The maximum absolute atomic E-state index is 11.4. The van der Waals surface area contributed by atoms with Gasteiger partial charge in [0.15, 0.2) is 0 Å². The van der Waals surface area contributed by atoms with E-state index in [0.29, 0.717) is 26.1 Å². The van der Waals surface area contributed by atoms with Crippen LogP contribution < -0.4 is 10.5 Å². The van der Waals surface area contributed by atoms with Crippen molar-refractivity contribution in [1.29, 1.82) is 0 Å². The number of sulfonamides is 1. The number of nitrogens with one attached hydrogen (secondary N) is 1. The highest BCUT2D eigenvalue weighted by Gasteiger charge is 2.20. The van der Waals surface area contributed by atoms with Crippen LogP contribution in [0.3, 0.4) is 0 Å². The molecule has 96 valence electrons. The number of nitrogens with two attached hydrogens (primary N) is 1. The molecular weight excluding hydrogens is 228 g/mol. The van der Waals surface area contributed by atoms with Crippen LogP contribution in [0.2, 0.25) is 0 Å². The van der Waals surface area contributed by atoms with Gasteiger partial charge in [-0.2, -0.15) is 0 Å². The molecule has 1 fully saturated rings. The zero-order valence-electron chi connectivity index (χ0n) is 9.65. The zero-order valence-corrected chi connectivity index (χ0v) is 10.5. The summed E-state index contributed by atoms with van der Waals surface area (Å²) in [6.07, 6.45) is 3.88. The highest BCUT2D eigenvalue weighted by molar-refractivity contribution is 7.89. The molecule has 0 unspecified atom stereocenters. The van der Waals surface area contributed by atoms with Gasteiger partial charge in [0.05, 0.1) is 12.4 Å². The normalized spacial score (nSPS) is 16.6. The number of hydrogen-bond donors (Lipinski definition) is 2. The third-order valence-corrected chi connectivity index (χ3v) is 3.96. The Hall–Kier alpha value is -0.170. The fourth-order valence-corrected chi connectivity index (χ4v) is 2.44. The van der Waals surface area contributed by atoms with E-state index >= 15 is 0 Å². The van der Waals surface area contributed by atoms with E-state index < -0.39 is 10.0 Å². The third kappa shape index (κ3) is 7.16. The van der Waals surface area contributed by atoms with Crippen molar-refractivity contribution in [3.63, 3.8) is 0 Å². The van der Waals surface area contributed by atoms with E-state index in [4.69, 9.17) is 10.5 Å². The first-order valence-electron chi connectivity index (χ1n) is 5.89. The average Bonchev–Trinajstić information content (AvgIpc) is 3.01. The number of ether oxygens (including phenoxy) is 1. The standard InChI is InChI=1S/C10H22N2O3S/c11-5-1-2-8-16(13,14)12-6-7-15-9-10-3-4-10/h10,12H,1-9,11H2. The molecule has 1 aliphatic rings. The zero-order chi connectivity index (χ0) is 11.9. The summed E-state index contributed by atoms with van der Waals surface area (Å²) >= 11 is 0. The van der Waals surface area contributed by atoms with Gasteiger partial charge in [-0.25, -0.2) is 13.1 Å². The van der Waals surface area contributed by atoms with Gasteiger partial charge in [0.1, 0.15) is 0 Å². The van der Waals surface area contributed by atoms with Gasteiger partial charge in [-0.15, -0.1) is 0 Å². The quantitative estimate of drug-likeness (QED) is 0.538. The molecule has 0 radical (unpaired) electrons. The smallest absolute Gasteiger partial charge is 0.211 e. The summed E-state index contributed by atoms with van der Waals surface area (Å²) in [5, 5.41) is 0. The minimum atomic E-state index is -3.12. The molecule has 0 heterocycles. The third-order valence-electron chi connectivity index (χ3n) is 2.49. The molecule has 0 aromatic carbocycles. The lowest BCUT2D eigenvalue weighted by atomic mass is 10.3. The van der Waals surface area contributed by atoms with E-state index in [1.54, 1.807) is 0 Å². The molecule has 0 aromatic heterocycles. The second kappa shape index (κ2) is 7.21. The lowest BCUT2D eigenvalue weighted by Crippen LogP contribution is -2.30. The Bertz CT molecular complexity index is 276. The van der Waals surface area contributed by atoms with Gasteiger partial charge in [0, 0.05) is 13.2 Å². The van der Waals surface area contributed by atoms with E-state index in [9.17, 15) is 8.42 Å². The first-order valence-corrected chi connectivity index (χ1v) is 7.54. The Morgan fingerprint density at radius 1 is 1.31 bits per heavy atom. The molecule has 1 aliphatic carbocycles. The van der Waals surface area contributed by atoms with Crippen LogP contribution in [-0.4, -0.2) is 40.5 Å². The molecule has 16 heavy (non-hydrogen) atoms. The highest BCUT2D eigenvalue weighted by atomic mass is 32.2. The number of rotatable bonds is 10. The topological polar surface area (TPSA) is 81.4 Å². The Morgan fingerprint density at radius 3 is 2.69 bits per heavy atom. The Labute approximate surface area is 97.8 Å². The molecule has 0 saturated heterocycles. The van der Waals surface area contributed by atoms with Gasteiger partial charge in [-0.05, 0) is 38.1 Å². The monoisotopic (exact) mass is 250 g/mol. The van der Waals surface area contributed by atoms with Crippen molar-refractivity contribution in [3.05, 3.63) is 0 Å². The molecule has 3 N–H and O–H groups in total. The van der Waals surface area contributed by atoms with Crippen LogP contribution in [0.25, 0.3) is 0 Å².